The van der Waals surface area contributed by atoms with Crippen molar-refractivity contribution in [2.24, 2.45) is 5.73 Å². The summed E-state index contributed by atoms with van der Waals surface area (Å²) in [4.78, 5) is 0. The Balaban J connectivity index is 3.00. The second kappa shape index (κ2) is 4.80. The molecule has 16 heavy (non-hydrogen) atoms. The summed E-state index contributed by atoms with van der Waals surface area (Å²) in [5.41, 5.74) is 4.54. The van der Waals surface area contributed by atoms with E-state index >= 15 is 0 Å². The molecule has 6 heteroatoms. The molecular formula is C10H11F4NO. The molecule has 1 aromatic carbocycles. The standard InChI is InChI=1S/C10H11F4NO/c1-16-5-9(15)6-2-3-7(8(11)4-6)10(12,13)14/h2-4,9H,5,15H2,1H3. The van der Waals surface area contributed by atoms with E-state index in [1.807, 2.05) is 0 Å². The molecule has 0 heterocycles. The predicted molar refractivity (Wildman–Crippen MR) is 50.2 cm³/mol. The van der Waals surface area contributed by atoms with Crippen LogP contribution in [0, 0.1) is 5.82 Å². The third-order valence-corrected chi connectivity index (χ3v) is 2.07. The van der Waals surface area contributed by atoms with Gasteiger partial charge >= 0.3 is 6.18 Å². The van der Waals surface area contributed by atoms with Crippen molar-refractivity contribution in [1.29, 1.82) is 0 Å². The topological polar surface area (TPSA) is 35.2 Å². The Labute approximate surface area is 90.0 Å². The molecule has 1 aromatic rings. The van der Waals surface area contributed by atoms with Gasteiger partial charge in [-0.05, 0) is 17.7 Å². The monoisotopic (exact) mass is 237 g/mol. The Bertz CT molecular complexity index is 364. The summed E-state index contributed by atoms with van der Waals surface area (Å²) in [6, 6.07) is 1.98. The quantitative estimate of drug-likeness (QED) is 0.820. The molecule has 0 aliphatic rings. The number of hydrogen-bond acceptors (Lipinski definition) is 2. The summed E-state index contributed by atoms with van der Waals surface area (Å²) < 4.78 is 54.6. The zero-order chi connectivity index (χ0) is 12.3. The summed E-state index contributed by atoms with van der Waals surface area (Å²) in [5.74, 6) is -1.32. The van der Waals surface area contributed by atoms with Gasteiger partial charge in [0.1, 0.15) is 5.82 Å². The molecule has 0 fully saturated rings. The van der Waals surface area contributed by atoms with Crippen LogP contribution in [0.5, 0.6) is 0 Å². The van der Waals surface area contributed by atoms with Crippen molar-refractivity contribution in [3.63, 3.8) is 0 Å². The highest BCUT2D eigenvalue weighted by atomic mass is 19.4. The number of benzene rings is 1. The van der Waals surface area contributed by atoms with Crippen LogP contribution in [0.1, 0.15) is 17.2 Å². The van der Waals surface area contributed by atoms with Gasteiger partial charge in [0.2, 0.25) is 0 Å². The Hall–Kier alpha value is -1.14. The predicted octanol–water partition coefficient (Wildman–Crippen LogP) is 2.49. The van der Waals surface area contributed by atoms with E-state index in [0.29, 0.717) is 6.07 Å². The first-order valence-electron chi connectivity index (χ1n) is 4.47. The van der Waals surface area contributed by atoms with E-state index < -0.39 is 23.6 Å². The van der Waals surface area contributed by atoms with Crippen LogP contribution in [0.3, 0.4) is 0 Å². The number of alkyl halides is 3. The summed E-state index contributed by atoms with van der Waals surface area (Å²) in [6.07, 6.45) is -4.69. The number of rotatable bonds is 3. The van der Waals surface area contributed by atoms with Gasteiger partial charge in [-0.3, -0.25) is 0 Å². The number of halogens is 4. The molecule has 1 unspecified atom stereocenters. The van der Waals surface area contributed by atoms with Crippen LogP contribution in [-0.2, 0) is 10.9 Å². The molecule has 0 spiro atoms. The number of methoxy groups -OCH3 is 1. The van der Waals surface area contributed by atoms with Crippen molar-refractivity contribution >= 4 is 0 Å². The van der Waals surface area contributed by atoms with Crippen molar-refractivity contribution in [2.45, 2.75) is 12.2 Å². The van der Waals surface area contributed by atoms with Gasteiger partial charge in [-0.25, -0.2) is 4.39 Å². The van der Waals surface area contributed by atoms with Crippen LogP contribution in [0.2, 0.25) is 0 Å². The van der Waals surface area contributed by atoms with E-state index in [0.717, 1.165) is 12.1 Å². The highest BCUT2D eigenvalue weighted by molar-refractivity contribution is 5.28. The highest BCUT2D eigenvalue weighted by Gasteiger charge is 2.34. The van der Waals surface area contributed by atoms with E-state index in [-0.39, 0.29) is 12.2 Å². The third-order valence-electron chi connectivity index (χ3n) is 2.07. The number of nitrogens with two attached hydrogens (primary N) is 1. The van der Waals surface area contributed by atoms with Crippen molar-refractivity contribution in [3.8, 4) is 0 Å². The van der Waals surface area contributed by atoms with E-state index in [2.05, 4.69) is 0 Å². The Morgan fingerprint density at radius 2 is 2.00 bits per heavy atom. The van der Waals surface area contributed by atoms with Gasteiger partial charge < -0.3 is 10.5 Å². The molecule has 0 aliphatic carbocycles. The lowest BCUT2D eigenvalue weighted by Gasteiger charge is -2.13. The maximum absolute atomic E-state index is 13.1. The fourth-order valence-corrected chi connectivity index (χ4v) is 1.27. The van der Waals surface area contributed by atoms with E-state index in [1.54, 1.807) is 0 Å². The van der Waals surface area contributed by atoms with Crippen LogP contribution >= 0.6 is 0 Å². The molecule has 1 atom stereocenters. The van der Waals surface area contributed by atoms with E-state index in [1.165, 1.54) is 7.11 Å². The average molecular weight is 237 g/mol. The van der Waals surface area contributed by atoms with E-state index in [9.17, 15) is 17.6 Å². The molecule has 2 N–H and O–H groups in total. The van der Waals surface area contributed by atoms with Gasteiger partial charge in [-0.15, -0.1) is 0 Å². The number of hydrogen-bond donors (Lipinski definition) is 1. The minimum absolute atomic E-state index is 0.116. The van der Waals surface area contributed by atoms with Crippen molar-refractivity contribution in [2.75, 3.05) is 13.7 Å². The van der Waals surface area contributed by atoms with Crippen molar-refractivity contribution in [1.82, 2.24) is 0 Å². The van der Waals surface area contributed by atoms with Gasteiger partial charge in [0.25, 0.3) is 0 Å². The first-order chi connectivity index (χ1) is 7.36. The molecule has 2 nitrogen and oxygen atoms in total. The van der Waals surface area contributed by atoms with Crippen molar-refractivity contribution < 1.29 is 22.3 Å². The molecule has 0 saturated carbocycles. The molecule has 0 radical (unpaired) electrons. The van der Waals surface area contributed by atoms with E-state index in [4.69, 9.17) is 10.5 Å². The maximum atomic E-state index is 13.1. The smallest absolute Gasteiger partial charge is 0.383 e. The molecule has 90 valence electrons. The summed E-state index contributed by atoms with van der Waals surface area (Å²) in [6.45, 7) is 0.116. The van der Waals surface area contributed by atoms with Gasteiger partial charge in [0.15, 0.2) is 0 Å². The average Bonchev–Trinajstić information content (AvgIpc) is 2.16. The first-order valence-corrected chi connectivity index (χ1v) is 4.47. The zero-order valence-electron chi connectivity index (χ0n) is 8.51. The fourth-order valence-electron chi connectivity index (χ4n) is 1.27. The minimum Gasteiger partial charge on any atom is -0.383 e. The highest BCUT2D eigenvalue weighted by Crippen LogP contribution is 2.32. The first kappa shape index (κ1) is 12.9. The second-order valence-electron chi connectivity index (χ2n) is 3.30. The van der Waals surface area contributed by atoms with Gasteiger partial charge in [-0.1, -0.05) is 6.07 Å². The second-order valence-corrected chi connectivity index (χ2v) is 3.30. The van der Waals surface area contributed by atoms with Crippen LogP contribution in [0.4, 0.5) is 17.6 Å². The van der Waals surface area contributed by atoms with Crippen LogP contribution in [0.25, 0.3) is 0 Å². The van der Waals surface area contributed by atoms with Gasteiger partial charge in [0, 0.05) is 7.11 Å². The van der Waals surface area contributed by atoms with Crippen LogP contribution < -0.4 is 5.73 Å². The SMILES string of the molecule is COCC(N)c1ccc(C(F)(F)F)c(F)c1. The van der Waals surface area contributed by atoms with Gasteiger partial charge in [0.05, 0.1) is 18.2 Å². The Kier molecular flexibility index (Phi) is 3.88. The largest absolute Gasteiger partial charge is 0.419 e. The lowest BCUT2D eigenvalue weighted by atomic mass is 10.1. The maximum Gasteiger partial charge on any atom is 0.419 e. The van der Waals surface area contributed by atoms with Gasteiger partial charge in [-0.2, -0.15) is 13.2 Å². The van der Waals surface area contributed by atoms with Crippen LogP contribution in [0.15, 0.2) is 18.2 Å². The minimum atomic E-state index is -4.69. The Morgan fingerprint density at radius 1 is 1.38 bits per heavy atom. The molecule has 0 saturated heterocycles. The molecule has 0 aliphatic heterocycles. The summed E-state index contributed by atoms with van der Waals surface area (Å²) in [7, 11) is 1.40. The fraction of sp³-hybridized carbons (Fsp3) is 0.400. The summed E-state index contributed by atoms with van der Waals surface area (Å²) in [5, 5.41) is 0. The zero-order valence-corrected chi connectivity index (χ0v) is 8.51. The molecule has 0 amide bonds. The lowest BCUT2D eigenvalue weighted by molar-refractivity contribution is -0.140. The normalized spacial score (nSPS) is 13.9. The van der Waals surface area contributed by atoms with Crippen molar-refractivity contribution in [3.05, 3.63) is 35.1 Å². The summed E-state index contributed by atoms with van der Waals surface area (Å²) >= 11 is 0. The third kappa shape index (κ3) is 2.93. The molecule has 1 rings (SSSR count). The lowest BCUT2D eigenvalue weighted by Crippen LogP contribution is -2.17. The number of ether oxygens (including phenoxy) is 1. The molecule has 0 bridgehead atoms. The Morgan fingerprint density at radius 3 is 2.44 bits per heavy atom. The van der Waals surface area contributed by atoms with Crippen LogP contribution in [-0.4, -0.2) is 13.7 Å². The molecular weight excluding hydrogens is 226 g/mol. The molecule has 0 aromatic heterocycles.